The Kier molecular flexibility index (Phi) is 15.3. The molecule has 0 aromatic carbocycles. The van der Waals surface area contributed by atoms with Crippen LogP contribution in [0.3, 0.4) is 0 Å². The van der Waals surface area contributed by atoms with Gasteiger partial charge in [-0.1, -0.05) is 0 Å². The fourth-order valence-corrected chi connectivity index (χ4v) is 0. The van der Waals surface area contributed by atoms with Gasteiger partial charge in [-0.25, -0.2) is 0 Å². The van der Waals surface area contributed by atoms with Gasteiger partial charge in [0, 0.05) is 0 Å². The first-order valence-electron chi connectivity index (χ1n) is 0.717. The average molecular weight is 466 g/mol. The molecule has 0 atom stereocenters. The largest absolute Gasteiger partial charge is 1.00 e. The summed E-state index contributed by atoms with van der Waals surface area (Å²) in [5.74, 6) is 0. The zero-order chi connectivity index (χ0) is 4.50. The molecule has 0 spiro atoms. The summed E-state index contributed by atoms with van der Waals surface area (Å²) in [6.07, 6.45) is 0. The van der Waals surface area contributed by atoms with Gasteiger partial charge in [-0.15, -0.1) is 0 Å². The van der Waals surface area contributed by atoms with Crippen LogP contribution in [0.15, 0.2) is 0 Å². The monoisotopic (exact) mass is 464 g/mol. The molecule has 0 aliphatic heterocycles. The van der Waals surface area contributed by atoms with Gasteiger partial charge in [-0.2, -0.15) is 0 Å². The minimum absolute atomic E-state index is 0. The van der Waals surface area contributed by atoms with E-state index in [1.54, 1.807) is 0 Å². The van der Waals surface area contributed by atoms with Gasteiger partial charge in [0.25, 0.3) is 0 Å². The van der Waals surface area contributed by atoms with E-state index >= 15 is 0 Å². The predicted molar refractivity (Wildman–Crippen MR) is 20.5 cm³/mol. The molecule has 0 fully saturated rings. The molecule has 0 aliphatic carbocycles. The molecule has 0 aliphatic rings. The minimum Gasteiger partial charge on any atom is 1.00 e. The Bertz CT molecular complexity index is 59.1. The molecule has 52 valence electrons. The second-order valence-corrected chi connectivity index (χ2v) is 8.38. The molecule has 0 saturated carbocycles. The molecule has 0 rings (SSSR count). The van der Waals surface area contributed by atoms with Gasteiger partial charge in [0.2, 0.25) is 0 Å². The van der Waals surface area contributed by atoms with Gasteiger partial charge < -0.3 is 0 Å². The Hall–Kier alpha value is 2.49. The fourth-order valence-electron chi connectivity index (χ4n) is 0. The van der Waals surface area contributed by atoms with Crippen molar-refractivity contribution < 1.29 is 56.7 Å². The molecule has 0 N–H and O–H groups in total. The van der Waals surface area contributed by atoms with Gasteiger partial charge in [0.1, 0.15) is 0 Å². The van der Waals surface area contributed by atoms with Crippen molar-refractivity contribution in [1.29, 1.82) is 0 Å². The van der Waals surface area contributed by atoms with E-state index in [0.29, 0.717) is 0 Å². The van der Waals surface area contributed by atoms with E-state index in [4.69, 9.17) is 11.9 Å². The Morgan fingerprint density at radius 2 is 1.29 bits per heavy atom. The van der Waals surface area contributed by atoms with Crippen LogP contribution >= 0.6 is 20.1 Å². The number of halogens is 1. The topological polar surface area (TPSA) is 63.2 Å². The van der Waals surface area contributed by atoms with Crippen LogP contribution in [0.5, 0.6) is 0 Å². The van der Waals surface area contributed by atoms with E-state index in [0.717, 1.165) is 20.1 Å². The Balaban J connectivity index is -0.0000000800. The number of hydrogen-bond acceptors (Lipinski definition) is 3. The summed E-state index contributed by atoms with van der Waals surface area (Å²) in [6.45, 7) is 0. The first-order chi connectivity index (χ1) is 2.00. The molecule has 3 nitrogen and oxygen atoms in total. The zero-order valence-corrected chi connectivity index (χ0v) is 9.65. The van der Waals surface area contributed by atoms with Gasteiger partial charge in [0.05, 0.1) is 0 Å². The third kappa shape index (κ3) is 57.7. The molecule has 0 radical (unpaired) electrons. The fraction of sp³-hybridized carbons (Fsp3) is 0. The average Bonchev–Trinajstić information content (AvgIpc) is 0.722. The first kappa shape index (κ1) is 16.2. The van der Waals surface area contributed by atoms with Crippen LogP contribution < -0.4 is 8.19 Å². The van der Waals surface area contributed by atoms with E-state index in [1.165, 1.54) is 0 Å². The van der Waals surface area contributed by atoms with Gasteiger partial charge in [-0.3, -0.25) is 0 Å². The third-order valence-corrected chi connectivity index (χ3v) is 0. The molecule has 0 unspecified atom stereocenters. The normalized spacial score (nSPS) is 8.43. The van der Waals surface area contributed by atoms with Crippen molar-refractivity contribution in [2.75, 3.05) is 0 Å². The number of rotatable bonds is 0. The minimum atomic E-state index is -4.66. The molecule has 0 heterocycles. The predicted octanol–water partition coefficient (Wildman–Crippen LogP) is -2.00. The van der Waals surface area contributed by atoms with E-state index in [9.17, 15) is 0 Å². The summed E-state index contributed by atoms with van der Waals surface area (Å²) in [4.78, 5) is 0. The van der Waals surface area contributed by atoms with Crippen LogP contribution in [0.2, 0.25) is 0 Å². The van der Waals surface area contributed by atoms with Gasteiger partial charge >= 0.3 is 87.6 Å². The molecule has 0 aromatic rings. The van der Waals surface area contributed by atoms with Crippen LogP contribution in [0.1, 0.15) is 0 Å². The van der Waals surface area contributed by atoms with E-state index in [2.05, 4.69) is 0 Å². The van der Waals surface area contributed by atoms with Crippen molar-refractivity contribution in [3.63, 3.8) is 0 Å². The molecule has 0 saturated heterocycles. The summed E-state index contributed by atoms with van der Waals surface area (Å²) < 4.78 is 27.5. The molecule has 7 heteroatoms. The molecule has 0 amide bonds. The third-order valence-electron chi connectivity index (χ3n) is 0. The molecule has 0 aromatic heterocycles. The van der Waals surface area contributed by atoms with Crippen molar-refractivity contribution in [3.05, 3.63) is 0 Å². The van der Waals surface area contributed by atoms with Gasteiger partial charge in [0.15, 0.2) is 0 Å². The standard InChI is InChI=1S/2Ag.AsH2IO3/c;;2-1(3,4)5/h;;(H2,3,4,5)/q2*+1;/p-2. The van der Waals surface area contributed by atoms with Crippen molar-refractivity contribution >= 4 is 31.0 Å². The maximum absolute atomic E-state index is 9.15. The van der Waals surface area contributed by atoms with Crippen molar-refractivity contribution in [2.24, 2.45) is 0 Å². The maximum atomic E-state index is 9.15. The molecule has 7 heavy (non-hydrogen) atoms. The van der Waals surface area contributed by atoms with Crippen LogP contribution in [0, 0.1) is 0 Å². The summed E-state index contributed by atoms with van der Waals surface area (Å²) in [6, 6.07) is 0. The molecule has 0 bridgehead atoms. The summed E-state index contributed by atoms with van der Waals surface area (Å²) in [5.41, 5.74) is 0. The van der Waals surface area contributed by atoms with Crippen LogP contribution in [0.25, 0.3) is 0 Å². The Morgan fingerprint density at radius 1 is 1.29 bits per heavy atom. The summed E-state index contributed by atoms with van der Waals surface area (Å²) in [7, 11) is -4.66. The molecular formula is Ag2AsIO3. The quantitative estimate of drug-likeness (QED) is 0.307. The van der Waals surface area contributed by atoms with Crippen LogP contribution in [0.4, 0.5) is 0 Å². The van der Waals surface area contributed by atoms with Crippen molar-refractivity contribution in [2.45, 2.75) is 0 Å². The zero-order valence-electron chi connectivity index (χ0n) is 2.65. The summed E-state index contributed by atoms with van der Waals surface area (Å²) >= 11 is 0.883. The van der Waals surface area contributed by atoms with Crippen molar-refractivity contribution in [1.82, 2.24) is 0 Å². The van der Waals surface area contributed by atoms with Crippen LogP contribution in [-0.4, -0.2) is 10.8 Å². The maximum Gasteiger partial charge on any atom is 1.00 e. The summed E-state index contributed by atoms with van der Waals surface area (Å²) in [5, 5.41) is 0. The number of hydrogen-bond donors (Lipinski definition) is 0. The SMILES string of the molecule is O=[As]([O-])([O-])I.[Ag+].[Ag+]. The van der Waals surface area contributed by atoms with E-state index in [-0.39, 0.29) is 44.8 Å². The Labute approximate surface area is 86.2 Å². The van der Waals surface area contributed by atoms with E-state index < -0.39 is 10.8 Å². The second-order valence-electron chi connectivity index (χ2n) is 0.431. The first-order valence-corrected chi connectivity index (χ1v) is 8.74. The smallest absolute Gasteiger partial charge is 1.00 e. The second kappa shape index (κ2) is 6.61. The van der Waals surface area contributed by atoms with E-state index in [1.807, 2.05) is 0 Å². The van der Waals surface area contributed by atoms with Crippen molar-refractivity contribution in [3.8, 4) is 0 Å². The molecular weight excluding hydrogens is 466 g/mol. The van der Waals surface area contributed by atoms with Gasteiger partial charge in [-0.05, 0) is 0 Å². The Morgan fingerprint density at radius 3 is 1.29 bits per heavy atom. The van der Waals surface area contributed by atoms with Crippen LogP contribution in [-0.2, 0) is 48.5 Å².